The molecular weight excluding hydrogens is 254 g/mol. The Morgan fingerprint density at radius 2 is 1.95 bits per heavy atom. The Kier molecular flexibility index (Phi) is 4.50. The second kappa shape index (κ2) is 6.52. The summed E-state index contributed by atoms with van der Waals surface area (Å²) in [6, 6.07) is 14.1. The number of hydrogen-bond acceptors (Lipinski definition) is 3. The largest absolute Gasteiger partial charge is 0.497 e. The van der Waals surface area contributed by atoms with E-state index in [4.69, 9.17) is 4.74 Å². The van der Waals surface area contributed by atoms with Crippen LogP contribution >= 0.6 is 0 Å². The van der Waals surface area contributed by atoms with Crippen LogP contribution in [0.2, 0.25) is 0 Å². The van der Waals surface area contributed by atoms with Gasteiger partial charge in [0.25, 0.3) is 0 Å². The second-order valence-electron chi connectivity index (χ2n) is 4.32. The third kappa shape index (κ3) is 3.68. The van der Waals surface area contributed by atoms with Crippen molar-refractivity contribution >= 4 is 17.9 Å². The molecule has 1 amide bonds. The molecule has 1 N–H and O–H groups in total. The second-order valence-corrected chi connectivity index (χ2v) is 4.32. The number of carbonyl (C=O) groups is 2. The number of ether oxygens (including phenoxy) is 1. The van der Waals surface area contributed by atoms with Gasteiger partial charge in [-0.3, -0.25) is 9.59 Å². The lowest BCUT2D eigenvalue weighted by Gasteiger charge is -2.06. The van der Waals surface area contributed by atoms with Gasteiger partial charge >= 0.3 is 0 Å². The van der Waals surface area contributed by atoms with Gasteiger partial charge in [0, 0.05) is 11.3 Å². The van der Waals surface area contributed by atoms with Crippen molar-refractivity contribution in [2.75, 3.05) is 12.4 Å². The van der Waals surface area contributed by atoms with Crippen molar-refractivity contribution in [1.29, 1.82) is 0 Å². The number of hydrogen-bond donors (Lipinski definition) is 1. The van der Waals surface area contributed by atoms with E-state index in [1.165, 1.54) is 0 Å². The van der Waals surface area contributed by atoms with Gasteiger partial charge in [-0.2, -0.15) is 0 Å². The molecule has 0 atom stereocenters. The molecule has 2 rings (SSSR count). The van der Waals surface area contributed by atoms with Crippen molar-refractivity contribution in [3.63, 3.8) is 0 Å². The number of methoxy groups -OCH3 is 1. The Bertz CT molecular complexity index is 605. The average Bonchev–Trinajstić information content (AvgIpc) is 2.48. The third-order valence-corrected chi connectivity index (χ3v) is 2.83. The summed E-state index contributed by atoms with van der Waals surface area (Å²) in [5.74, 6) is 0.631. The van der Waals surface area contributed by atoms with E-state index in [1.54, 1.807) is 31.4 Å². The standard InChI is InChI=1S/C16H15NO3/c1-20-15-7-5-12(6-8-15)10-16(19)17-14-4-2-3-13(9-14)11-18/h2-9,11H,10H2,1H3,(H,17,19). The van der Waals surface area contributed by atoms with E-state index in [-0.39, 0.29) is 12.3 Å². The molecule has 0 aliphatic heterocycles. The van der Waals surface area contributed by atoms with Gasteiger partial charge in [-0.25, -0.2) is 0 Å². The fourth-order valence-electron chi connectivity index (χ4n) is 1.82. The summed E-state index contributed by atoms with van der Waals surface area (Å²) in [5, 5.41) is 2.76. The molecule has 4 nitrogen and oxygen atoms in total. The Morgan fingerprint density at radius 3 is 2.60 bits per heavy atom. The van der Waals surface area contributed by atoms with Crippen LogP contribution in [0.4, 0.5) is 5.69 Å². The van der Waals surface area contributed by atoms with Gasteiger partial charge in [0.15, 0.2) is 0 Å². The summed E-state index contributed by atoms with van der Waals surface area (Å²) < 4.78 is 5.06. The van der Waals surface area contributed by atoms with E-state index in [9.17, 15) is 9.59 Å². The van der Waals surface area contributed by atoms with Crippen molar-refractivity contribution < 1.29 is 14.3 Å². The van der Waals surface area contributed by atoms with Gasteiger partial charge in [0.2, 0.25) is 5.91 Å². The van der Waals surface area contributed by atoms with Gasteiger partial charge in [0.05, 0.1) is 13.5 Å². The lowest BCUT2D eigenvalue weighted by atomic mass is 10.1. The van der Waals surface area contributed by atoms with Gasteiger partial charge in [-0.1, -0.05) is 24.3 Å². The first-order chi connectivity index (χ1) is 9.71. The SMILES string of the molecule is COc1ccc(CC(=O)Nc2cccc(C=O)c2)cc1. The Balaban J connectivity index is 1.99. The molecule has 0 unspecified atom stereocenters. The third-order valence-electron chi connectivity index (χ3n) is 2.83. The fraction of sp³-hybridized carbons (Fsp3) is 0.125. The monoisotopic (exact) mass is 269 g/mol. The fourth-order valence-corrected chi connectivity index (χ4v) is 1.82. The summed E-state index contributed by atoms with van der Waals surface area (Å²) in [4.78, 5) is 22.6. The van der Waals surface area contributed by atoms with Crippen LogP contribution in [0.3, 0.4) is 0 Å². The molecule has 2 aromatic rings. The first-order valence-electron chi connectivity index (χ1n) is 6.19. The van der Waals surface area contributed by atoms with Crippen LogP contribution in [-0.4, -0.2) is 19.3 Å². The highest BCUT2D eigenvalue weighted by Crippen LogP contribution is 2.13. The smallest absolute Gasteiger partial charge is 0.228 e. The summed E-state index contributed by atoms with van der Waals surface area (Å²) in [6.45, 7) is 0. The number of aldehydes is 1. The molecule has 0 aliphatic rings. The number of carbonyl (C=O) groups excluding carboxylic acids is 2. The number of benzene rings is 2. The summed E-state index contributed by atoms with van der Waals surface area (Å²) in [6.07, 6.45) is 1.02. The van der Waals surface area contributed by atoms with Gasteiger partial charge in [-0.15, -0.1) is 0 Å². The van der Waals surface area contributed by atoms with E-state index in [2.05, 4.69) is 5.32 Å². The predicted octanol–water partition coefficient (Wildman–Crippen LogP) is 2.69. The van der Waals surface area contributed by atoms with E-state index >= 15 is 0 Å². The van der Waals surface area contributed by atoms with Crippen LogP contribution in [0, 0.1) is 0 Å². The Labute approximate surface area is 117 Å². The maximum atomic E-state index is 11.9. The van der Waals surface area contributed by atoms with E-state index < -0.39 is 0 Å². The normalized spacial score (nSPS) is 9.85. The molecule has 0 bridgehead atoms. The zero-order chi connectivity index (χ0) is 14.4. The summed E-state index contributed by atoms with van der Waals surface area (Å²) in [5.41, 5.74) is 2.05. The quantitative estimate of drug-likeness (QED) is 0.849. The number of anilines is 1. The zero-order valence-corrected chi connectivity index (χ0v) is 11.1. The molecule has 0 aliphatic carbocycles. The van der Waals surface area contributed by atoms with Crippen LogP contribution in [0.15, 0.2) is 48.5 Å². The molecule has 2 aromatic carbocycles. The molecule has 0 aromatic heterocycles. The number of nitrogens with one attached hydrogen (secondary N) is 1. The first-order valence-corrected chi connectivity index (χ1v) is 6.19. The minimum absolute atomic E-state index is 0.127. The Morgan fingerprint density at radius 1 is 1.20 bits per heavy atom. The number of rotatable bonds is 5. The Hall–Kier alpha value is -2.62. The lowest BCUT2D eigenvalue weighted by Crippen LogP contribution is -2.14. The average molecular weight is 269 g/mol. The highest BCUT2D eigenvalue weighted by molar-refractivity contribution is 5.93. The molecule has 20 heavy (non-hydrogen) atoms. The molecule has 0 fully saturated rings. The molecule has 0 heterocycles. The van der Waals surface area contributed by atoms with Gasteiger partial charge in [-0.05, 0) is 29.8 Å². The highest BCUT2D eigenvalue weighted by atomic mass is 16.5. The van der Waals surface area contributed by atoms with E-state index in [1.807, 2.05) is 24.3 Å². The molecule has 0 saturated heterocycles. The van der Waals surface area contributed by atoms with Crippen molar-refractivity contribution in [2.45, 2.75) is 6.42 Å². The van der Waals surface area contributed by atoms with Crippen LogP contribution in [0.1, 0.15) is 15.9 Å². The van der Waals surface area contributed by atoms with Crippen molar-refractivity contribution in [3.8, 4) is 5.75 Å². The molecule has 4 heteroatoms. The minimum atomic E-state index is -0.127. The van der Waals surface area contributed by atoms with Crippen LogP contribution in [0.5, 0.6) is 5.75 Å². The maximum Gasteiger partial charge on any atom is 0.228 e. The number of amides is 1. The van der Waals surface area contributed by atoms with Crippen LogP contribution in [0.25, 0.3) is 0 Å². The van der Waals surface area contributed by atoms with Crippen LogP contribution in [-0.2, 0) is 11.2 Å². The predicted molar refractivity (Wildman–Crippen MR) is 77.2 cm³/mol. The first kappa shape index (κ1) is 13.8. The summed E-state index contributed by atoms with van der Waals surface area (Å²) >= 11 is 0. The highest BCUT2D eigenvalue weighted by Gasteiger charge is 2.05. The minimum Gasteiger partial charge on any atom is -0.497 e. The molecule has 102 valence electrons. The van der Waals surface area contributed by atoms with Gasteiger partial charge in [0.1, 0.15) is 12.0 Å². The topological polar surface area (TPSA) is 55.4 Å². The van der Waals surface area contributed by atoms with Gasteiger partial charge < -0.3 is 10.1 Å². The molecular formula is C16H15NO3. The van der Waals surface area contributed by atoms with E-state index in [0.29, 0.717) is 11.3 Å². The molecule has 0 saturated carbocycles. The molecule has 0 spiro atoms. The maximum absolute atomic E-state index is 11.9. The van der Waals surface area contributed by atoms with Crippen molar-refractivity contribution in [2.24, 2.45) is 0 Å². The van der Waals surface area contributed by atoms with Crippen LogP contribution < -0.4 is 10.1 Å². The summed E-state index contributed by atoms with van der Waals surface area (Å²) in [7, 11) is 1.60. The van der Waals surface area contributed by atoms with Crippen molar-refractivity contribution in [1.82, 2.24) is 0 Å². The van der Waals surface area contributed by atoms with Crippen molar-refractivity contribution in [3.05, 3.63) is 59.7 Å². The zero-order valence-electron chi connectivity index (χ0n) is 11.1. The molecule has 0 radical (unpaired) electrons. The van der Waals surface area contributed by atoms with E-state index in [0.717, 1.165) is 17.6 Å². The lowest BCUT2D eigenvalue weighted by molar-refractivity contribution is -0.115.